The summed E-state index contributed by atoms with van der Waals surface area (Å²) in [5, 5.41) is 2.47. The highest BCUT2D eigenvalue weighted by Gasteiger charge is 2.52. The van der Waals surface area contributed by atoms with Crippen LogP contribution in [0.25, 0.3) is 20.2 Å². The minimum Gasteiger partial charge on any atom is -0.458 e. The van der Waals surface area contributed by atoms with E-state index in [1.165, 1.54) is 169 Å². The molecule has 8 heterocycles. The SMILES string of the molecule is Cc1cc(C)c(N2c3cc4c(cc3B3c5cc6c(cc5Oc5cc(C)cc2c53)N(c2c(C)cc(C)cc2C)c2cc(C)cc3c2B6c2sc5ccc(C(C)(C)C)cc5c2O3)B2c3sc5ccc(C(C)(C)C)cc5c3N(c3ccc(C(C)(C)C)cc3)c3cc(C)cc(c32)N4c2ccc(C(C)(C)C)cc2)c(C)c1. The standard InChI is InChI=1S/C95H91B3N4O2S2/c1-50-34-55(6)86(56(7)35-50)101-72-48-71-68(97-83-74(99(71)63-28-22-59(23-29-63)92(10,11)12)38-52(3)39-75(83)100(64-30-24-60(25-31-64)93(13,14)15)88-65-44-61(94(16,17)18)26-32-81(65)105-90(88)97)46-67(72)96-70-47-69-73(49-78(70)103-79-42-53(4)40-76(101)84(79)96)102(87-57(8)36-51(2)37-58(87)9)77-41-54(5)43-80-85(77)98(69)91-89(104-80)66-45-62(95(19,20)21)27-33-82(66)106-91/h22-49H,1-21H3. The Morgan fingerprint density at radius 2 is 0.660 bits per heavy atom. The normalized spacial score (nSPS) is 14.5. The second-order valence-corrected chi connectivity index (χ2v) is 38.2. The number of nitrogens with zero attached hydrogens (tertiary/aromatic N) is 4. The van der Waals surface area contributed by atoms with E-state index < -0.39 is 0 Å². The third-order valence-electron chi connectivity index (χ3n) is 23.9. The third kappa shape index (κ3) is 9.88. The summed E-state index contributed by atoms with van der Waals surface area (Å²) >= 11 is 3.88. The van der Waals surface area contributed by atoms with Gasteiger partial charge in [0.15, 0.2) is 0 Å². The van der Waals surface area contributed by atoms with E-state index in [1.54, 1.807) is 0 Å². The Morgan fingerprint density at radius 3 is 1.18 bits per heavy atom. The van der Waals surface area contributed by atoms with Crippen LogP contribution in [0.2, 0.25) is 0 Å². The molecule has 11 aromatic carbocycles. The van der Waals surface area contributed by atoms with Crippen molar-refractivity contribution in [3.8, 4) is 23.0 Å². The number of anilines is 12. The van der Waals surface area contributed by atoms with Crippen molar-refractivity contribution >= 4 is 179 Å². The highest BCUT2D eigenvalue weighted by molar-refractivity contribution is 7.34. The monoisotopic (exact) mass is 1420 g/mol. The number of thiophene rings is 2. The summed E-state index contributed by atoms with van der Waals surface area (Å²) in [5.74, 6) is 3.68. The molecular weight excluding hydrogens is 1330 g/mol. The lowest BCUT2D eigenvalue weighted by atomic mass is 9.30. The van der Waals surface area contributed by atoms with Crippen molar-refractivity contribution in [2.24, 2.45) is 0 Å². The predicted molar refractivity (Wildman–Crippen MR) is 460 cm³/mol. The number of rotatable bonds is 4. The number of benzene rings is 11. The van der Waals surface area contributed by atoms with Crippen LogP contribution in [0.5, 0.6) is 23.0 Å². The first kappa shape index (κ1) is 67.0. The van der Waals surface area contributed by atoms with Crippen molar-refractivity contribution in [1.29, 1.82) is 0 Å². The minimum atomic E-state index is -0.260. The maximum atomic E-state index is 7.85. The molecule has 0 amide bonds. The molecule has 0 fully saturated rings. The molecule has 6 nitrogen and oxygen atoms in total. The molecule has 0 N–H and O–H groups in total. The second kappa shape index (κ2) is 22.7. The van der Waals surface area contributed by atoms with Gasteiger partial charge in [-0.05, 0) is 274 Å². The van der Waals surface area contributed by atoms with Crippen molar-refractivity contribution in [3.63, 3.8) is 0 Å². The van der Waals surface area contributed by atoms with Crippen molar-refractivity contribution in [3.05, 3.63) is 242 Å². The number of fused-ring (bicyclic) bond motifs is 16. The smallest absolute Gasteiger partial charge is 0.268 e. The molecular formula is C95H91B3N4O2S2. The molecule has 524 valence electrons. The van der Waals surface area contributed by atoms with Crippen molar-refractivity contribution in [2.45, 2.75) is 167 Å². The van der Waals surface area contributed by atoms with Crippen LogP contribution >= 0.6 is 22.7 Å². The van der Waals surface area contributed by atoms with E-state index in [4.69, 9.17) is 9.47 Å². The maximum Gasteiger partial charge on any atom is 0.268 e. The van der Waals surface area contributed by atoms with Crippen LogP contribution in [0.1, 0.15) is 155 Å². The van der Waals surface area contributed by atoms with Gasteiger partial charge in [0.2, 0.25) is 0 Å². The molecule has 106 heavy (non-hydrogen) atoms. The molecule has 0 atom stereocenters. The van der Waals surface area contributed by atoms with E-state index in [0.29, 0.717) is 0 Å². The lowest BCUT2D eigenvalue weighted by Crippen LogP contribution is -2.65. The third-order valence-corrected chi connectivity index (χ3v) is 26.4. The molecule has 6 aliphatic rings. The second-order valence-electron chi connectivity index (χ2n) is 36.0. The molecule has 13 aromatic rings. The van der Waals surface area contributed by atoms with Crippen LogP contribution < -0.4 is 76.9 Å². The zero-order valence-corrected chi connectivity index (χ0v) is 67.0. The van der Waals surface area contributed by atoms with Crippen LogP contribution in [-0.2, 0) is 21.7 Å². The van der Waals surface area contributed by atoms with Crippen LogP contribution in [0.3, 0.4) is 0 Å². The lowest BCUT2D eigenvalue weighted by molar-refractivity contribution is 0.487. The van der Waals surface area contributed by atoms with Crippen LogP contribution in [0.15, 0.2) is 170 Å². The Hall–Kier alpha value is -9.67. The Morgan fingerprint density at radius 1 is 0.283 bits per heavy atom. The van der Waals surface area contributed by atoms with Crippen molar-refractivity contribution in [1.82, 2.24) is 0 Å². The van der Waals surface area contributed by atoms with E-state index in [1.807, 2.05) is 22.7 Å². The van der Waals surface area contributed by atoms with Crippen LogP contribution in [0, 0.1) is 62.3 Å². The molecule has 0 saturated heterocycles. The highest BCUT2D eigenvalue weighted by Crippen LogP contribution is 2.54. The topological polar surface area (TPSA) is 31.4 Å². The van der Waals surface area contributed by atoms with Crippen molar-refractivity contribution < 1.29 is 9.47 Å². The molecule has 0 bridgehead atoms. The van der Waals surface area contributed by atoms with Gasteiger partial charge in [-0.2, -0.15) is 0 Å². The molecule has 2 aromatic heterocycles. The molecule has 0 spiro atoms. The average molecular weight is 1420 g/mol. The molecule has 0 saturated carbocycles. The first-order chi connectivity index (χ1) is 50.2. The summed E-state index contributed by atoms with van der Waals surface area (Å²) in [7, 11) is 0. The average Bonchev–Trinajstić information content (AvgIpc) is 1.31. The summed E-state index contributed by atoms with van der Waals surface area (Å²) < 4.78 is 20.5. The number of aryl methyl sites for hydroxylation is 9. The minimum absolute atomic E-state index is 0.0167. The van der Waals surface area contributed by atoms with Crippen molar-refractivity contribution in [2.75, 3.05) is 19.6 Å². The van der Waals surface area contributed by atoms with Gasteiger partial charge >= 0.3 is 0 Å². The summed E-state index contributed by atoms with van der Waals surface area (Å²) in [5.41, 5.74) is 38.9. The number of ether oxygens (including phenoxy) is 2. The molecule has 0 radical (unpaired) electrons. The largest absolute Gasteiger partial charge is 0.458 e. The van der Waals surface area contributed by atoms with Gasteiger partial charge in [-0.25, -0.2) is 0 Å². The quantitative estimate of drug-likeness (QED) is 0.163. The van der Waals surface area contributed by atoms with E-state index >= 15 is 0 Å². The Balaban J connectivity index is 0.937. The summed E-state index contributed by atoms with van der Waals surface area (Å²) in [6, 6.07) is 67.9. The molecule has 6 aliphatic heterocycles. The van der Waals surface area contributed by atoms with Gasteiger partial charge < -0.3 is 29.1 Å². The fourth-order valence-corrected chi connectivity index (χ4v) is 21.6. The summed E-state index contributed by atoms with van der Waals surface area (Å²) in [6.45, 7) is 47.9. The Labute approximate surface area is 635 Å². The predicted octanol–water partition coefficient (Wildman–Crippen LogP) is 21.0. The summed E-state index contributed by atoms with van der Waals surface area (Å²) in [4.78, 5) is 10.5. The zero-order valence-electron chi connectivity index (χ0n) is 65.3. The molecule has 0 aliphatic carbocycles. The van der Waals surface area contributed by atoms with Gasteiger partial charge in [0, 0.05) is 87.0 Å². The van der Waals surface area contributed by atoms with Gasteiger partial charge in [-0.3, -0.25) is 0 Å². The van der Waals surface area contributed by atoms with E-state index in [-0.39, 0.29) is 41.8 Å². The van der Waals surface area contributed by atoms with E-state index in [2.05, 4.69) is 335 Å². The maximum absolute atomic E-state index is 7.85. The van der Waals surface area contributed by atoms with Gasteiger partial charge in [0.25, 0.3) is 20.1 Å². The summed E-state index contributed by atoms with van der Waals surface area (Å²) in [6.07, 6.45) is 0. The molecule has 0 unspecified atom stereocenters. The highest BCUT2D eigenvalue weighted by atomic mass is 32.1. The van der Waals surface area contributed by atoms with Crippen LogP contribution in [0.4, 0.5) is 68.2 Å². The fraction of sp³-hybridized carbons (Fsp3) is 0.263. The van der Waals surface area contributed by atoms with E-state index in [9.17, 15) is 0 Å². The number of hydrogen-bond acceptors (Lipinski definition) is 8. The first-order valence-electron chi connectivity index (χ1n) is 38.1. The van der Waals surface area contributed by atoms with Gasteiger partial charge in [-0.1, -0.05) is 167 Å². The Kier molecular flexibility index (Phi) is 14.3. The first-order valence-corrected chi connectivity index (χ1v) is 39.7. The van der Waals surface area contributed by atoms with E-state index in [0.717, 1.165) is 62.6 Å². The zero-order chi connectivity index (χ0) is 73.9. The van der Waals surface area contributed by atoms with Crippen LogP contribution in [-0.4, -0.2) is 20.1 Å². The van der Waals surface area contributed by atoms with Gasteiger partial charge in [-0.15, -0.1) is 22.7 Å². The molecule has 11 heteroatoms. The van der Waals surface area contributed by atoms with Gasteiger partial charge in [0.1, 0.15) is 23.0 Å². The number of hydrogen-bond donors (Lipinski definition) is 0. The van der Waals surface area contributed by atoms with Gasteiger partial charge in [0.05, 0.1) is 17.1 Å². The Bertz CT molecular complexity index is 6000. The fourth-order valence-electron chi connectivity index (χ4n) is 19.1. The molecule has 19 rings (SSSR count). The lowest BCUT2D eigenvalue weighted by Gasteiger charge is -2.46.